The Kier molecular flexibility index (Phi) is 9.18. The normalized spacial score (nSPS) is 21.4. The van der Waals surface area contributed by atoms with Crippen molar-refractivity contribution in [3.63, 3.8) is 0 Å². The molecule has 7 nitrogen and oxygen atoms in total. The minimum atomic E-state index is -1.71. The lowest BCUT2D eigenvalue weighted by molar-refractivity contribution is -0.150. The Hall–Kier alpha value is -4.46. The maximum absolute atomic E-state index is 14.0. The van der Waals surface area contributed by atoms with Gasteiger partial charge in [0.2, 0.25) is 11.8 Å². The van der Waals surface area contributed by atoms with Crippen LogP contribution in [-0.2, 0) is 21.0 Å². The molecule has 1 aliphatic carbocycles. The molecule has 0 heterocycles. The second-order valence-electron chi connectivity index (χ2n) is 11.6. The molecule has 0 spiro atoms. The Balaban J connectivity index is 1.50. The number of ketones is 1. The van der Waals surface area contributed by atoms with E-state index in [1.54, 1.807) is 54.6 Å². The van der Waals surface area contributed by atoms with E-state index in [0.29, 0.717) is 34.3 Å². The molecule has 0 radical (unpaired) electrons. The van der Waals surface area contributed by atoms with Crippen LogP contribution in [0.1, 0.15) is 41.5 Å². The number of ether oxygens (including phenoxy) is 1. The average molecular weight is 611 g/mol. The number of anilines is 2. The van der Waals surface area contributed by atoms with E-state index in [0.717, 1.165) is 16.7 Å². The van der Waals surface area contributed by atoms with Gasteiger partial charge < -0.3 is 20.5 Å². The summed E-state index contributed by atoms with van der Waals surface area (Å²) < 4.78 is 5.95. The van der Waals surface area contributed by atoms with Gasteiger partial charge in [0.25, 0.3) is 0 Å². The molecule has 1 saturated carbocycles. The van der Waals surface area contributed by atoms with E-state index in [9.17, 15) is 19.5 Å². The van der Waals surface area contributed by atoms with Crippen molar-refractivity contribution in [1.82, 2.24) is 0 Å². The number of rotatable bonds is 8. The first-order chi connectivity index (χ1) is 21.0. The summed E-state index contributed by atoms with van der Waals surface area (Å²) >= 11 is 5.98. The number of aliphatic hydroxyl groups is 1. The molecule has 5 rings (SSSR count). The number of Topliss-reactive ketones (excluding diaryl/α,β-unsaturated/α-hetero) is 1. The molecular formula is C36H35ClN2O5. The van der Waals surface area contributed by atoms with Gasteiger partial charge >= 0.3 is 0 Å². The zero-order chi connectivity index (χ0) is 31.4. The van der Waals surface area contributed by atoms with Crippen LogP contribution < -0.4 is 15.4 Å². The second kappa shape index (κ2) is 13.0. The van der Waals surface area contributed by atoms with E-state index in [1.807, 2.05) is 56.3 Å². The van der Waals surface area contributed by atoms with Crippen LogP contribution in [0.25, 0.3) is 0 Å². The van der Waals surface area contributed by atoms with Crippen LogP contribution in [0.3, 0.4) is 0 Å². The molecule has 8 heteroatoms. The Labute approximate surface area is 262 Å². The molecular weight excluding hydrogens is 576 g/mol. The zero-order valence-corrected chi connectivity index (χ0v) is 25.6. The Morgan fingerprint density at radius 3 is 1.95 bits per heavy atom. The molecule has 3 N–H and O–H groups in total. The van der Waals surface area contributed by atoms with E-state index in [-0.39, 0.29) is 6.42 Å². The summed E-state index contributed by atoms with van der Waals surface area (Å²) in [6.07, 6.45) is -0.344. The monoisotopic (exact) mass is 610 g/mol. The van der Waals surface area contributed by atoms with Gasteiger partial charge in [0, 0.05) is 28.7 Å². The quantitative estimate of drug-likeness (QED) is 0.189. The number of para-hydroxylation sites is 2. The number of amides is 2. The second-order valence-corrected chi connectivity index (χ2v) is 12.0. The Morgan fingerprint density at radius 1 is 0.841 bits per heavy atom. The van der Waals surface area contributed by atoms with Crippen LogP contribution in [0.4, 0.5) is 11.4 Å². The Bertz CT molecular complexity index is 1670. The molecule has 1 aliphatic rings. The van der Waals surface area contributed by atoms with Gasteiger partial charge in [-0.15, -0.1) is 0 Å². The molecule has 44 heavy (non-hydrogen) atoms. The van der Waals surface area contributed by atoms with Crippen LogP contribution in [0.15, 0.2) is 97.1 Å². The van der Waals surface area contributed by atoms with Crippen molar-refractivity contribution in [3.8, 4) is 5.75 Å². The molecule has 1 fully saturated rings. The highest BCUT2D eigenvalue weighted by atomic mass is 35.5. The summed E-state index contributed by atoms with van der Waals surface area (Å²) in [7, 11) is 0. The van der Waals surface area contributed by atoms with Crippen LogP contribution in [0.5, 0.6) is 5.75 Å². The van der Waals surface area contributed by atoms with Crippen LogP contribution >= 0.6 is 11.6 Å². The topological polar surface area (TPSA) is 105 Å². The van der Waals surface area contributed by atoms with E-state index in [4.69, 9.17) is 16.3 Å². The lowest BCUT2D eigenvalue weighted by Crippen LogP contribution is -2.56. The summed E-state index contributed by atoms with van der Waals surface area (Å²) in [6, 6.07) is 28.9. The average Bonchev–Trinajstić information content (AvgIpc) is 2.98. The fraction of sp³-hybridized carbons (Fsp3) is 0.250. The van der Waals surface area contributed by atoms with Crippen molar-refractivity contribution >= 4 is 40.6 Å². The fourth-order valence-electron chi connectivity index (χ4n) is 5.87. The molecule has 0 aliphatic heterocycles. The molecule has 4 aromatic rings. The third-order valence-corrected chi connectivity index (χ3v) is 8.47. The summed E-state index contributed by atoms with van der Waals surface area (Å²) in [4.78, 5) is 41.5. The van der Waals surface area contributed by atoms with Crippen molar-refractivity contribution in [3.05, 3.63) is 124 Å². The highest BCUT2D eigenvalue weighted by Crippen LogP contribution is 2.47. The van der Waals surface area contributed by atoms with Crippen LogP contribution in [0, 0.1) is 25.7 Å². The minimum Gasteiger partial charge on any atom is -0.489 e. The van der Waals surface area contributed by atoms with E-state index < -0.39 is 41.0 Å². The number of hydrogen-bond acceptors (Lipinski definition) is 5. The Morgan fingerprint density at radius 2 is 1.39 bits per heavy atom. The lowest BCUT2D eigenvalue weighted by atomic mass is 9.61. The van der Waals surface area contributed by atoms with Gasteiger partial charge in [0.1, 0.15) is 24.1 Å². The van der Waals surface area contributed by atoms with E-state index in [1.165, 1.54) is 6.92 Å². The van der Waals surface area contributed by atoms with Gasteiger partial charge in [-0.2, -0.15) is 0 Å². The molecule has 4 unspecified atom stereocenters. The third-order valence-electron chi connectivity index (χ3n) is 8.22. The molecule has 2 amide bonds. The molecule has 0 bridgehead atoms. The van der Waals surface area contributed by atoms with Crippen LogP contribution in [-0.4, -0.2) is 28.3 Å². The van der Waals surface area contributed by atoms with E-state index >= 15 is 0 Å². The number of hydrogen-bond donors (Lipinski definition) is 3. The maximum atomic E-state index is 14.0. The minimum absolute atomic E-state index is 0.316. The SMILES string of the molecule is Cc1ccccc1NC(=O)C1C(=O)CC(C)(O)C(C(=O)Nc2ccccc2C)C1c1ccc(OCc2ccc(Cl)cc2)cc1. The van der Waals surface area contributed by atoms with Crippen molar-refractivity contribution in [2.75, 3.05) is 10.6 Å². The highest BCUT2D eigenvalue weighted by Gasteiger charge is 2.56. The highest BCUT2D eigenvalue weighted by molar-refractivity contribution is 6.30. The summed E-state index contributed by atoms with van der Waals surface area (Å²) in [5, 5.41) is 18.1. The predicted molar refractivity (Wildman–Crippen MR) is 172 cm³/mol. The first-order valence-electron chi connectivity index (χ1n) is 14.5. The summed E-state index contributed by atoms with van der Waals surface area (Å²) in [6.45, 7) is 5.54. The lowest BCUT2D eigenvalue weighted by Gasteiger charge is -2.44. The fourth-order valence-corrected chi connectivity index (χ4v) is 6.00. The maximum Gasteiger partial charge on any atom is 0.235 e. The van der Waals surface area contributed by atoms with Crippen molar-refractivity contribution in [2.45, 2.75) is 45.3 Å². The van der Waals surface area contributed by atoms with Gasteiger partial charge in [0.15, 0.2) is 0 Å². The smallest absolute Gasteiger partial charge is 0.235 e. The summed E-state index contributed by atoms with van der Waals surface area (Å²) in [5.74, 6) is -4.16. The number of nitrogens with one attached hydrogen (secondary N) is 2. The largest absolute Gasteiger partial charge is 0.489 e. The van der Waals surface area contributed by atoms with Gasteiger partial charge in [-0.3, -0.25) is 14.4 Å². The summed E-state index contributed by atoms with van der Waals surface area (Å²) in [5.41, 5.74) is 2.64. The van der Waals surface area contributed by atoms with Crippen molar-refractivity contribution in [1.29, 1.82) is 0 Å². The number of halogens is 1. The molecule has 4 atom stereocenters. The van der Waals surface area contributed by atoms with Gasteiger partial charge in [-0.1, -0.05) is 72.3 Å². The predicted octanol–water partition coefficient (Wildman–Crippen LogP) is 6.85. The molecule has 0 aromatic heterocycles. The van der Waals surface area contributed by atoms with Crippen LogP contribution in [0.2, 0.25) is 5.02 Å². The van der Waals surface area contributed by atoms with Crippen molar-refractivity contribution in [2.24, 2.45) is 11.8 Å². The van der Waals surface area contributed by atoms with Gasteiger partial charge in [-0.05, 0) is 79.4 Å². The third kappa shape index (κ3) is 6.85. The molecule has 4 aromatic carbocycles. The zero-order valence-electron chi connectivity index (χ0n) is 24.8. The molecule has 0 saturated heterocycles. The number of aryl methyl sites for hydroxylation is 2. The van der Waals surface area contributed by atoms with Gasteiger partial charge in [-0.25, -0.2) is 0 Å². The first-order valence-corrected chi connectivity index (χ1v) is 14.9. The first kappa shape index (κ1) is 31.0. The van der Waals surface area contributed by atoms with Gasteiger partial charge in [0.05, 0.1) is 11.5 Å². The number of carbonyl (C=O) groups is 3. The van der Waals surface area contributed by atoms with Crippen molar-refractivity contribution < 1.29 is 24.2 Å². The number of benzene rings is 4. The molecule has 226 valence electrons. The number of carbonyl (C=O) groups excluding carboxylic acids is 3. The van der Waals surface area contributed by atoms with E-state index in [2.05, 4.69) is 10.6 Å². The standard InChI is InChI=1S/C36H35ClN2O5/c1-22-8-4-6-10-28(22)38-34(41)32-30(40)20-36(3,43)33(35(42)39-29-11-7-5-9-23(29)2)31(32)25-14-18-27(19-15-25)44-21-24-12-16-26(37)17-13-24/h4-19,31-33,43H,20-21H2,1-3H3,(H,38,41)(H,39,42).